The number of rotatable bonds is 1. The molecule has 5 aromatic rings. The Morgan fingerprint density at radius 1 is 0.390 bits per heavy atom. The molecule has 0 unspecified atom stereocenters. The van der Waals surface area contributed by atoms with Crippen molar-refractivity contribution >= 4 is 11.6 Å². The van der Waals surface area contributed by atoms with Gasteiger partial charge in [-0.3, -0.25) is 0 Å². The topological polar surface area (TPSA) is 0 Å². The van der Waals surface area contributed by atoms with Gasteiger partial charge < -0.3 is 0 Å². The average Bonchev–Trinajstić information content (AvgIpc) is 3.46. The molecule has 0 bridgehead atoms. The van der Waals surface area contributed by atoms with Gasteiger partial charge in [-0.15, -0.1) is 0 Å². The highest BCUT2D eigenvalue weighted by atomic mass is 14.2. The summed E-state index contributed by atoms with van der Waals surface area (Å²) in [4.78, 5) is 0. The molecular formula is C41H38. The monoisotopic (exact) mass is 530 g/mol. The van der Waals surface area contributed by atoms with Crippen molar-refractivity contribution in [2.45, 2.75) is 32.1 Å². The van der Waals surface area contributed by atoms with Gasteiger partial charge in [0, 0.05) is 0 Å². The maximum absolute atomic E-state index is 2.30. The summed E-state index contributed by atoms with van der Waals surface area (Å²) in [7, 11) is 0. The molecule has 0 aliphatic heterocycles. The highest BCUT2D eigenvalue weighted by Crippen LogP contribution is 2.37. The van der Waals surface area contributed by atoms with Crippen molar-refractivity contribution in [2.75, 3.05) is 0 Å². The van der Waals surface area contributed by atoms with Crippen LogP contribution in [0.4, 0.5) is 0 Å². The molecule has 0 aromatic heterocycles. The van der Waals surface area contributed by atoms with Gasteiger partial charge in [-0.05, 0) is 71.1 Å². The molecule has 0 heterocycles. The van der Waals surface area contributed by atoms with Crippen molar-refractivity contribution < 1.29 is 0 Å². The van der Waals surface area contributed by atoms with Crippen molar-refractivity contribution in [2.24, 2.45) is 0 Å². The van der Waals surface area contributed by atoms with Gasteiger partial charge >= 0.3 is 0 Å². The van der Waals surface area contributed by atoms with E-state index in [0.29, 0.717) is 0 Å². The molecule has 0 amide bonds. The van der Waals surface area contributed by atoms with E-state index in [9.17, 15) is 0 Å². The number of aryl methyl sites for hydroxylation is 1. The molecule has 3 aliphatic carbocycles. The third-order valence-electron chi connectivity index (χ3n) is 7.47. The molecule has 5 aromatic carbocycles. The van der Waals surface area contributed by atoms with E-state index in [0.717, 1.165) is 0 Å². The molecule has 41 heavy (non-hydrogen) atoms. The molecule has 0 saturated heterocycles. The quantitative estimate of drug-likeness (QED) is 0.202. The number of allylic oxidation sites excluding steroid dienone is 5. The Labute approximate surface area is 246 Å². The molecule has 0 nitrogen and oxygen atoms in total. The smallest absolute Gasteiger partial charge is 0.00516 e. The normalized spacial score (nSPS) is 13.6. The van der Waals surface area contributed by atoms with Gasteiger partial charge in [0.15, 0.2) is 0 Å². The zero-order chi connectivity index (χ0) is 28.0. The summed E-state index contributed by atoms with van der Waals surface area (Å²) in [6.45, 7) is 0. The van der Waals surface area contributed by atoms with Crippen LogP contribution in [0.15, 0.2) is 169 Å². The molecule has 0 atom stereocenters. The lowest BCUT2D eigenvalue weighted by Crippen LogP contribution is -1.91. The Kier molecular flexibility index (Phi) is 10.3. The summed E-state index contributed by atoms with van der Waals surface area (Å²) in [5, 5.41) is 0. The van der Waals surface area contributed by atoms with E-state index in [2.05, 4.69) is 121 Å². The van der Waals surface area contributed by atoms with E-state index >= 15 is 0 Å². The largest absolute Gasteiger partial charge is 0.0836 e. The first-order valence-corrected chi connectivity index (χ1v) is 14.7. The number of benzene rings is 5. The third kappa shape index (κ3) is 8.16. The summed E-state index contributed by atoms with van der Waals surface area (Å²) < 4.78 is 0. The van der Waals surface area contributed by atoms with Gasteiger partial charge in [0.25, 0.3) is 0 Å². The lowest BCUT2D eigenvalue weighted by Gasteiger charge is -2.07. The van der Waals surface area contributed by atoms with Gasteiger partial charge in [0.1, 0.15) is 0 Å². The van der Waals surface area contributed by atoms with Crippen LogP contribution in [0.3, 0.4) is 0 Å². The van der Waals surface area contributed by atoms with E-state index < -0.39 is 0 Å². The molecule has 8 rings (SSSR count). The zero-order valence-electron chi connectivity index (χ0n) is 23.7. The van der Waals surface area contributed by atoms with Gasteiger partial charge in [-0.2, -0.15) is 0 Å². The van der Waals surface area contributed by atoms with Crippen LogP contribution in [0.2, 0.25) is 0 Å². The molecule has 0 heteroatoms. The Morgan fingerprint density at radius 2 is 0.878 bits per heavy atom. The van der Waals surface area contributed by atoms with Crippen LogP contribution in [0.1, 0.15) is 41.5 Å². The maximum atomic E-state index is 2.30. The lowest BCUT2D eigenvalue weighted by molar-refractivity contribution is 0.935. The highest BCUT2D eigenvalue weighted by Gasteiger charge is 2.19. The van der Waals surface area contributed by atoms with E-state index in [1.165, 1.54) is 71.1 Å². The first-order valence-electron chi connectivity index (χ1n) is 14.7. The zero-order valence-corrected chi connectivity index (χ0v) is 23.7. The summed E-state index contributed by atoms with van der Waals surface area (Å²) in [5.74, 6) is 0. The van der Waals surface area contributed by atoms with Gasteiger partial charge in [0.2, 0.25) is 0 Å². The van der Waals surface area contributed by atoms with Crippen molar-refractivity contribution in [3.05, 3.63) is 192 Å². The van der Waals surface area contributed by atoms with Crippen molar-refractivity contribution in [1.29, 1.82) is 0 Å². The van der Waals surface area contributed by atoms with Crippen LogP contribution in [-0.2, 0) is 12.8 Å². The summed E-state index contributed by atoms with van der Waals surface area (Å²) in [5.41, 5.74) is 11.6. The fourth-order valence-electron chi connectivity index (χ4n) is 5.36. The number of fused-ring (bicyclic) bond motifs is 3. The van der Waals surface area contributed by atoms with E-state index in [4.69, 9.17) is 0 Å². The van der Waals surface area contributed by atoms with E-state index in [1.54, 1.807) is 5.57 Å². The maximum Gasteiger partial charge on any atom is -0.00516 e. The predicted molar refractivity (Wildman–Crippen MR) is 178 cm³/mol. The Bertz CT molecular complexity index is 1510. The van der Waals surface area contributed by atoms with Crippen LogP contribution in [-0.4, -0.2) is 0 Å². The second-order valence-corrected chi connectivity index (χ2v) is 10.3. The van der Waals surface area contributed by atoms with Crippen molar-refractivity contribution in [3.63, 3.8) is 0 Å². The molecule has 0 spiro atoms. The summed E-state index contributed by atoms with van der Waals surface area (Å²) in [6, 6.07) is 50.1. The molecular weight excluding hydrogens is 492 g/mol. The fourth-order valence-corrected chi connectivity index (χ4v) is 5.36. The van der Waals surface area contributed by atoms with Crippen molar-refractivity contribution in [3.8, 4) is 11.1 Å². The highest BCUT2D eigenvalue weighted by molar-refractivity contribution is 5.83. The molecule has 0 radical (unpaired) electrons. The van der Waals surface area contributed by atoms with Crippen LogP contribution in [0.25, 0.3) is 22.8 Å². The minimum Gasteiger partial charge on any atom is -0.0836 e. The second-order valence-electron chi connectivity index (χ2n) is 10.3. The Balaban J connectivity index is 0.000000113. The van der Waals surface area contributed by atoms with E-state index in [-0.39, 0.29) is 0 Å². The third-order valence-corrected chi connectivity index (χ3v) is 7.47. The molecule has 0 saturated carbocycles. The minimum atomic E-state index is 1.19. The van der Waals surface area contributed by atoms with Crippen LogP contribution >= 0.6 is 0 Å². The molecule has 202 valence electrons. The summed E-state index contributed by atoms with van der Waals surface area (Å²) in [6.07, 6.45) is 15.1. The Hall–Kier alpha value is -4.68. The molecule has 0 N–H and O–H groups in total. The first kappa shape index (κ1) is 27.9. The standard InChI is InChI=1S/C13H12.C12H10.C10H10.C6H6/c1-3-7-12-10(5-1)9-11-6-2-4-8-13(11)12;1-3-7-11(8-4-1)12-9-5-2-6-10-12;1-2-6-10-8-4-3-7-9(10)5-1;1-2-4-6-5-3-1/h1,3-5,7-8H,2,6,9H2;1-10H;1-3,5-7H,4,8H2;1-6H. The molecule has 3 aliphatic rings. The SMILES string of the molecule is C1=CC2=C(CC1)Cc1ccccc12.C1=Cc2ccccc2CC1.c1ccc(-c2ccccc2)cc1.c1ccccc1. The number of hydrogen-bond acceptors (Lipinski definition) is 0. The average molecular weight is 531 g/mol. The van der Waals surface area contributed by atoms with Crippen LogP contribution in [0, 0.1) is 0 Å². The van der Waals surface area contributed by atoms with Gasteiger partial charge in [-0.1, -0.05) is 175 Å². The van der Waals surface area contributed by atoms with Crippen LogP contribution in [0.5, 0.6) is 0 Å². The van der Waals surface area contributed by atoms with Gasteiger partial charge in [-0.25, -0.2) is 0 Å². The van der Waals surface area contributed by atoms with Gasteiger partial charge in [0.05, 0.1) is 0 Å². The molecule has 0 fully saturated rings. The first-order chi connectivity index (χ1) is 20.4. The van der Waals surface area contributed by atoms with Crippen molar-refractivity contribution in [1.82, 2.24) is 0 Å². The lowest BCUT2D eigenvalue weighted by atomic mass is 9.98. The second kappa shape index (κ2) is 15.2. The minimum absolute atomic E-state index is 1.19. The predicted octanol–water partition coefficient (Wildman–Crippen LogP) is 11.0. The fraction of sp³-hybridized carbons (Fsp3) is 0.122. The summed E-state index contributed by atoms with van der Waals surface area (Å²) >= 11 is 0. The van der Waals surface area contributed by atoms with E-state index in [1.807, 2.05) is 48.5 Å². The Morgan fingerprint density at radius 3 is 1.51 bits per heavy atom. The number of hydrogen-bond donors (Lipinski definition) is 0. The van der Waals surface area contributed by atoms with Crippen LogP contribution < -0.4 is 0 Å².